The van der Waals surface area contributed by atoms with Gasteiger partial charge in [-0.1, -0.05) is 44.9 Å². The summed E-state index contributed by atoms with van der Waals surface area (Å²) >= 11 is 5.82. The maximum atomic E-state index is 12.1. The summed E-state index contributed by atoms with van der Waals surface area (Å²) in [5, 5.41) is 0.422. The molecule has 0 saturated heterocycles. The molecule has 0 heterocycles. The van der Waals surface area contributed by atoms with Crippen molar-refractivity contribution in [1.29, 1.82) is 0 Å². The van der Waals surface area contributed by atoms with Crippen LogP contribution in [-0.4, -0.2) is 11.9 Å². The van der Waals surface area contributed by atoms with E-state index < -0.39 is 11.9 Å². The van der Waals surface area contributed by atoms with Gasteiger partial charge in [-0.05, 0) is 48.8 Å². The normalized spacial score (nSPS) is 21.6. The van der Waals surface area contributed by atoms with Gasteiger partial charge in [0.15, 0.2) is 0 Å². The number of hydrogen-bond acceptors (Lipinski definition) is 4. The second-order valence-electron chi connectivity index (χ2n) is 7.21. The quantitative estimate of drug-likeness (QED) is 0.573. The van der Waals surface area contributed by atoms with Gasteiger partial charge in [0, 0.05) is 5.02 Å². The zero-order chi connectivity index (χ0) is 17.0. The topological polar surface area (TPSA) is 52.6 Å². The van der Waals surface area contributed by atoms with Gasteiger partial charge in [0.05, 0.1) is 11.5 Å². The standard InChI is InChI=1S/C18H23ClO4/c1-18(2,3)14-8-4-6-12(10-14)16(20)22-23-17(21)13-7-5-9-15(19)11-13/h5,7,9,11-12,14H,4,6,8,10H2,1-3H3/t12-,14+/m0/s1. The molecule has 0 unspecified atom stereocenters. The lowest BCUT2D eigenvalue weighted by Gasteiger charge is -2.36. The van der Waals surface area contributed by atoms with Gasteiger partial charge in [-0.15, -0.1) is 0 Å². The first-order valence-corrected chi connectivity index (χ1v) is 8.33. The van der Waals surface area contributed by atoms with Crippen LogP contribution < -0.4 is 0 Å². The lowest BCUT2D eigenvalue weighted by Crippen LogP contribution is -2.31. The third kappa shape index (κ3) is 4.96. The minimum atomic E-state index is -0.718. The summed E-state index contributed by atoms with van der Waals surface area (Å²) in [6, 6.07) is 6.31. The highest BCUT2D eigenvalue weighted by atomic mass is 35.5. The predicted molar refractivity (Wildman–Crippen MR) is 87.9 cm³/mol. The van der Waals surface area contributed by atoms with Crippen LogP contribution in [0.5, 0.6) is 0 Å². The summed E-state index contributed by atoms with van der Waals surface area (Å²) in [4.78, 5) is 33.4. The molecule has 5 heteroatoms. The molecule has 0 spiro atoms. The third-order valence-electron chi connectivity index (χ3n) is 4.49. The van der Waals surface area contributed by atoms with Crippen LogP contribution >= 0.6 is 11.6 Å². The van der Waals surface area contributed by atoms with E-state index in [1.165, 1.54) is 6.07 Å². The van der Waals surface area contributed by atoms with E-state index >= 15 is 0 Å². The van der Waals surface area contributed by atoms with Crippen molar-refractivity contribution < 1.29 is 19.4 Å². The molecule has 0 radical (unpaired) electrons. The Morgan fingerprint density at radius 3 is 2.57 bits per heavy atom. The van der Waals surface area contributed by atoms with Crippen LogP contribution in [0.1, 0.15) is 56.8 Å². The highest BCUT2D eigenvalue weighted by Gasteiger charge is 2.35. The van der Waals surface area contributed by atoms with Gasteiger partial charge < -0.3 is 0 Å². The van der Waals surface area contributed by atoms with E-state index in [2.05, 4.69) is 25.7 Å². The zero-order valence-corrected chi connectivity index (χ0v) is 14.6. The van der Waals surface area contributed by atoms with Gasteiger partial charge in [0.25, 0.3) is 0 Å². The molecular formula is C18H23ClO4. The molecule has 1 saturated carbocycles. The van der Waals surface area contributed by atoms with Crippen molar-refractivity contribution in [3.05, 3.63) is 34.9 Å². The number of carbonyl (C=O) groups excluding carboxylic acids is 2. The van der Waals surface area contributed by atoms with Crippen LogP contribution in [0.3, 0.4) is 0 Å². The van der Waals surface area contributed by atoms with Crippen molar-refractivity contribution in [1.82, 2.24) is 0 Å². The van der Waals surface area contributed by atoms with Crippen LogP contribution in [0.25, 0.3) is 0 Å². The lowest BCUT2D eigenvalue weighted by atomic mass is 9.69. The Balaban J connectivity index is 1.88. The maximum absolute atomic E-state index is 12.1. The Bertz CT molecular complexity index is 577. The van der Waals surface area contributed by atoms with E-state index in [0.29, 0.717) is 10.9 Å². The van der Waals surface area contributed by atoms with Crippen molar-refractivity contribution in [2.45, 2.75) is 46.5 Å². The molecular weight excluding hydrogens is 316 g/mol. The minimum Gasteiger partial charge on any atom is -0.247 e. The van der Waals surface area contributed by atoms with Gasteiger partial charge in [-0.3, -0.25) is 0 Å². The van der Waals surface area contributed by atoms with E-state index in [1.807, 2.05) is 0 Å². The molecule has 0 aromatic heterocycles. The highest BCUT2D eigenvalue weighted by molar-refractivity contribution is 6.30. The van der Waals surface area contributed by atoms with Gasteiger partial charge in [0.1, 0.15) is 0 Å². The maximum Gasteiger partial charge on any atom is 0.386 e. The Morgan fingerprint density at radius 2 is 1.91 bits per heavy atom. The van der Waals surface area contributed by atoms with Crippen LogP contribution in [0.4, 0.5) is 0 Å². The molecule has 2 rings (SSSR count). The smallest absolute Gasteiger partial charge is 0.247 e. The van der Waals surface area contributed by atoms with E-state index in [1.54, 1.807) is 18.2 Å². The van der Waals surface area contributed by atoms with E-state index in [9.17, 15) is 9.59 Å². The molecule has 1 aromatic rings. The Hall–Kier alpha value is -1.55. The first-order valence-electron chi connectivity index (χ1n) is 7.95. The van der Waals surface area contributed by atoms with Gasteiger partial charge in [-0.2, -0.15) is 0 Å². The predicted octanol–water partition coefficient (Wildman–Crippen LogP) is 4.81. The minimum absolute atomic E-state index is 0.163. The summed E-state index contributed by atoms with van der Waals surface area (Å²) in [7, 11) is 0. The Kier molecular flexibility index (Phi) is 5.69. The van der Waals surface area contributed by atoms with Gasteiger partial charge in [0.2, 0.25) is 0 Å². The molecule has 126 valence electrons. The molecule has 4 nitrogen and oxygen atoms in total. The first kappa shape index (κ1) is 17.8. The summed E-state index contributed by atoms with van der Waals surface area (Å²) in [6.45, 7) is 6.56. The fourth-order valence-corrected chi connectivity index (χ4v) is 3.19. The number of rotatable bonds is 2. The molecule has 2 atom stereocenters. The average Bonchev–Trinajstić information content (AvgIpc) is 2.51. The molecule has 1 aliphatic rings. The average molecular weight is 339 g/mol. The van der Waals surface area contributed by atoms with E-state index in [0.717, 1.165) is 25.7 Å². The van der Waals surface area contributed by atoms with Gasteiger partial charge >= 0.3 is 11.9 Å². The number of hydrogen-bond donors (Lipinski definition) is 0. The number of carbonyl (C=O) groups is 2. The van der Waals surface area contributed by atoms with Crippen molar-refractivity contribution >= 4 is 23.5 Å². The number of benzene rings is 1. The molecule has 0 aliphatic heterocycles. The number of halogens is 1. The second kappa shape index (κ2) is 7.35. The molecule has 0 bridgehead atoms. The van der Waals surface area contributed by atoms with Crippen molar-refractivity contribution in [2.24, 2.45) is 17.3 Å². The third-order valence-corrected chi connectivity index (χ3v) is 4.73. The Morgan fingerprint density at radius 1 is 1.17 bits per heavy atom. The summed E-state index contributed by atoms with van der Waals surface area (Å²) in [6.07, 6.45) is 3.66. The zero-order valence-electron chi connectivity index (χ0n) is 13.8. The van der Waals surface area contributed by atoms with Crippen LogP contribution in [0.15, 0.2) is 24.3 Å². The van der Waals surface area contributed by atoms with Crippen molar-refractivity contribution in [3.8, 4) is 0 Å². The van der Waals surface area contributed by atoms with E-state index in [4.69, 9.17) is 16.5 Å². The van der Waals surface area contributed by atoms with E-state index in [-0.39, 0.29) is 16.9 Å². The molecule has 1 aliphatic carbocycles. The van der Waals surface area contributed by atoms with Gasteiger partial charge in [-0.25, -0.2) is 19.4 Å². The fraction of sp³-hybridized carbons (Fsp3) is 0.556. The fourth-order valence-electron chi connectivity index (χ4n) is 3.00. The molecule has 0 N–H and O–H groups in total. The molecule has 1 fully saturated rings. The summed E-state index contributed by atoms with van der Waals surface area (Å²) < 4.78 is 0. The lowest BCUT2D eigenvalue weighted by molar-refractivity contribution is -0.239. The Labute approximate surface area is 142 Å². The molecule has 0 amide bonds. The monoisotopic (exact) mass is 338 g/mol. The first-order chi connectivity index (χ1) is 10.8. The highest BCUT2D eigenvalue weighted by Crippen LogP contribution is 2.40. The summed E-state index contributed by atoms with van der Waals surface area (Å²) in [5.41, 5.74) is 0.415. The molecule has 1 aromatic carbocycles. The van der Waals surface area contributed by atoms with Crippen LogP contribution in [0, 0.1) is 17.3 Å². The second-order valence-corrected chi connectivity index (χ2v) is 7.65. The largest absolute Gasteiger partial charge is 0.386 e. The summed E-state index contributed by atoms with van der Waals surface area (Å²) in [5.74, 6) is -0.920. The molecule has 23 heavy (non-hydrogen) atoms. The van der Waals surface area contributed by atoms with Crippen LogP contribution in [0.2, 0.25) is 5.02 Å². The van der Waals surface area contributed by atoms with Crippen LogP contribution in [-0.2, 0) is 14.6 Å². The SMILES string of the molecule is CC(C)(C)[C@@H]1CCC[C@H](C(=O)OOC(=O)c2cccc(Cl)c2)C1. The van der Waals surface area contributed by atoms with Crippen molar-refractivity contribution in [2.75, 3.05) is 0 Å². The van der Waals surface area contributed by atoms with Crippen molar-refractivity contribution in [3.63, 3.8) is 0 Å².